The van der Waals surface area contributed by atoms with Gasteiger partial charge in [0.05, 0.1) is 11.6 Å². The van der Waals surface area contributed by atoms with Gasteiger partial charge >= 0.3 is 0 Å². The fourth-order valence-electron chi connectivity index (χ4n) is 2.75. The zero-order valence-electron chi connectivity index (χ0n) is 11.0. The first-order valence-electron chi connectivity index (χ1n) is 6.83. The zero-order chi connectivity index (χ0) is 12.5. The molecule has 0 bridgehead atoms. The van der Waals surface area contributed by atoms with E-state index >= 15 is 0 Å². The number of nitrogens with one attached hydrogen (secondary N) is 2. The van der Waals surface area contributed by atoms with Gasteiger partial charge in [-0.15, -0.1) is 0 Å². The van der Waals surface area contributed by atoms with E-state index < -0.39 is 0 Å². The molecule has 0 aliphatic carbocycles. The van der Waals surface area contributed by atoms with Gasteiger partial charge in [-0.3, -0.25) is 0 Å². The highest BCUT2D eigenvalue weighted by Crippen LogP contribution is 2.28. The average Bonchev–Trinajstić information content (AvgIpc) is 2.81. The van der Waals surface area contributed by atoms with Gasteiger partial charge in [-0.2, -0.15) is 0 Å². The molecule has 4 heteroatoms. The van der Waals surface area contributed by atoms with Crippen molar-refractivity contribution in [3.8, 4) is 0 Å². The molecule has 96 valence electrons. The minimum atomic E-state index is 0.359. The van der Waals surface area contributed by atoms with Crippen molar-refractivity contribution < 1.29 is 0 Å². The first-order chi connectivity index (χ1) is 8.76. The molecule has 1 fully saturated rings. The predicted molar refractivity (Wildman–Crippen MR) is 72.4 cm³/mol. The molecule has 3 heterocycles. The summed E-state index contributed by atoms with van der Waals surface area (Å²) in [5.41, 5.74) is 2.89. The van der Waals surface area contributed by atoms with Crippen LogP contribution in [0.3, 0.4) is 0 Å². The summed E-state index contributed by atoms with van der Waals surface area (Å²) in [6.45, 7) is 5.36. The molecular weight excluding hydrogens is 224 g/mol. The molecule has 2 N–H and O–H groups in total. The van der Waals surface area contributed by atoms with E-state index in [2.05, 4.69) is 33.3 Å². The summed E-state index contributed by atoms with van der Waals surface area (Å²) in [5, 5.41) is 3.55. The largest absolute Gasteiger partial charge is 0.339 e. The van der Waals surface area contributed by atoms with Crippen molar-refractivity contribution in [2.24, 2.45) is 5.92 Å². The SMILES string of the molecule is CCC1CCNC(c2nc3nc(C)ccc3[nH]2)C1. The minimum absolute atomic E-state index is 0.359. The Hall–Kier alpha value is -1.42. The highest BCUT2D eigenvalue weighted by Gasteiger charge is 2.24. The van der Waals surface area contributed by atoms with E-state index in [1.165, 1.54) is 19.3 Å². The van der Waals surface area contributed by atoms with E-state index in [1.807, 2.05) is 13.0 Å². The van der Waals surface area contributed by atoms with Gasteiger partial charge in [-0.25, -0.2) is 9.97 Å². The van der Waals surface area contributed by atoms with Crippen LogP contribution in [-0.4, -0.2) is 21.5 Å². The number of piperidine rings is 1. The van der Waals surface area contributed by atoms with Crippen LogP contribution >= 0.6 is 0 Å². The van der Waals surface area contributed by atoms with Gasteiger partial charge in [0.25, 0.3) is 0 Å². The maximum atomic E-state index is 4.64. The number of nitrogens with zero attached hydrogens (tertiary/aromatic N) is 2. The van der Waals surface area contributed by atoms with Gasteiger partial charge in [0.2, 0.25) is 0 Å². The summed E-state index contributed by atoms with van der Waals surface area (Å²) in [6.07, 6.45) is 3.72. The van der Waals surface area contributed by atoms with Gasteiger partial charge in [-0.1, -0.05) is 13.3 Å². The molecule has 2 aromatic rings. The molecule has 2 unspecified atom stereocenters. The maximum Gasteiger partial charge on any atom is 0.177 e. The van der Waals surface area contributed by atoms with Crippen molar-refractivity contribution in [1.82, 2.24) is 20.3 Å². The summed E-state index contributed by atoms with van der Waals surface area (Å²) in [5.74, 6) is 1.86. The number of aryl methyl sites for hydroxylation is 1. The second-order valence-corrected chi connectivity index (χ2v) is 5.25. The number of aromatic amines is 1. The summed E-state index contributed by atoms with van der Waals surface area (Å²) in [6, 6.07) is 4.44. The highest BCUT2D eigenvalue weighted by atomic mass is 15.1. The van der Waals surface area contributed by atoms with Crippen LogP contribution in [-0.2, 0) is 0 Å². The molecular formula is C14H20N4. The second-order valence-electron chi connectivity index (χ2n) is 5.25. The molecule has 1 aliphatic heterocycles. The van der Waals surface area contributed by atoms with Crippen molar-refractivity contribution in [3.63, 3.8) is 0 Å². The van der Waals surface area contributed by atoms with E-state index in [0.717, 1.165) is 35.1 Å². The van der Waals surface area contributed by atoms with E-state index in [1.54, 1.807) is 0 Å². The first kappa shape index (κ1) is 11.7. The van der Waals surface area contributed by atoms with Crippen LogP contribution < -0.4 is 5.32 Å². The minimum Gasteiger partial charge on any atom is -0.339 e. The third-order valence-corrected chi connectivity index (χ3v) is 3.92. The number of fused-ring (bicyclic) bond motifs is 1. The third-order valence-electron chi connectivity index (χ3n) is 3.92. The topological polar surface area (TPSA) is 53.6 Å². The van der Waals surface area contributed by atoms with Gasteiger partial charge in [0.1, 0.15) is 5.82 Å². The first-order valence-corrected chi connectivity index (χ1v) is 6.83. The van der Waals surface area contributed by atoms with Crippen LogP contribution in [0.25, 0.3) is 11.2 Å². The van der Waals surface area contributed by atoms with Crippen molar-refractivity contribution in [3.05, 3.63) is 23.7 Å². The Morgan fingerprint density at radius 2 is 2.22 bits per heavy atom. The van der Waals surface area contributed by atoms with Crippen LogP contribution in [0.4, 0.5) is 0 Å². The van der Waals surface area contributed by atoms with E-state index in [-0.39, 0.29) is 0 Å². The lowest BCUT2D eigenvalue weighted by Crippen LogP contribution is -2.32. The van der Waals surface area contributed by atoms with Gasteiger partial charge in [0.15, 0.2) is 5.65 Å². The Morgan fingerprint density at radius 3 is 3.06 bits per heavy atom. The molecule has 0 spiro atoms. The highest BCUT2D eigenvalue weighted by molar-refractivity contribution is 5.70. The zero-order valence-corrected chi connectivity index (χ0v) is 11.0. The Morgan fingerprint density at radius 1 is 1.33 bits per heavy atom. The number of aromatic nitrogens is 3. The van der Waals surface area contributed by atoms with E-state index in [0.29, 0.717) is 6.04 Å². The fraction of sp³-hybridized carbons (Fsp3) is 0.571. The van der Waals surface area contributed by atoms with Crippen LogP contribution in [0.2, 0.25) is 0 Å². The third kappa shape index (κ3) is 2.12. The van der Waals surface area contributed by atoms with Crippen LogP contribution in [0.5, 0.6) is 0 Å². The van der Waals surface area contributed by atoms with Gasteiger partial charge in [-0.05, 0) is 44.4 Å². The second kappa shape index (κ2) is 4.69. The lowest BCUT2D eigenvalue weighted by molar-refractivity contribution is 0.292. The molecule has 3 rings (SSSR count). The molecule has 0 amide bonds. The number of pyridine rings is 1. The van der Waals surface area contributed by atoms with Crippen LogP contribution in [0.15, 0.2) is 12.1 Å². The normalized spacial score (nSPS) is 24.6. The van der Waals surface area contributed by atoms with Crippen LogP contribution in [0.1, 0.15) is 43.7 Å². The molecule has 18 heavy (non-hydrogen) atoms. The van der Waals surface area contributed by atoms with Crippen LogP contribution in [0, 0.1) is 12.8 Å². The molecule has 0 saturated carbocycles. The van der Waals surface area contributed by atoms with Gasteiger partial charge < -0.3 is 10.3 Å². The fourth-order valence-corrected chi connectivity index (χ4v) is 2.75. The number of hydrogen-bond acceptors (Lipinski definition) is 3. The number of imidazole rings is 1. The lowest BCUT2D eigenvalue weighted by atomic mass is 9.90. The quantitative estimate of drug-likeness (QED) is 0.854. The molecule has 2 atom stereocenters. The predicted octanol–water partition coefficient (Wildman–Crippen LogP) is 2.72. The molecule has 1 saturated heterocycles. The average molecular weight is 244 g/mol. The molecule has 4 nitrogen and oxygen atoms in total. The molecule has 2 aromatic heterocycles. The Labute approximate surface area is 107 Å². The summed E-state index contributed by atoms with van der Waals surface area (Å²) in [7, 11) is 0. The standard InChI is InChI=1S/C14H20N4/c1-3-10-6-7-15-12(8-10)14-17-11-5-4-9(2)16-13(11)18-14/h4-5,10,12,15H,3,6-8H2,1-2H3,(H,16,17,18). The summed E-state index contributed by atoms with van der Waals surface area (Å²) in [4.78, 5) is 12.5. The summed E-state index contributed by atoms with van der Waals surface area (Å²) >= 11 is 0. The number of rotatable bonds is 2. The Bertz CT molecular complexity index is 546. The Balaban J connectivity index is 1.89. The Kier molecular flexibility index (Phi) is 3.04. The maximum absolute atomic E-state index is 4.64. The smallest absolute Gasteiger partial charge is 0.177 e. The van der Waals surface area contributed by atoms with Gasteiger partial charge in [0, 0.05) is 5.69 Å². The molecule has 0 radical (unpaired) electrons. The van der Waals surface area contributed by atoms with Crippen molar-refractivity contribution in [2.75, 3.05) is 6.54 Å². The van der Waals surface area contributed by atoms with E-state index in [4.69, 9.17) is 0 Å². The summed E-state index contributed by atoms with van der Waals surface area (Å²) < 4.78 is 0. The monoisotopic (exact) mass is 244 g/mol. The van der Waals surface area contributed by atoms with Crippen molar-refractivity contribution in [1.29, 1.82) is 0 Å². The van der Waals surface area contributed by atoms with Crippen molar-refractivity contribution >= 4 is 11.2 Å². The molecule has 1 aliphatic rings. The number of hydrogen-bond donors (Lipinski definition) is 2. The van der Waals surface area contributed by atoms with Crippen molar-refractivity contribution in [2.45, 2.75) is 39.2 Å². The molecule has 0 aromatic carbocycles. The van der Waals surface area contributed by atoms with E-state index in [9.17, 15) is 0 Å². The number of H-pyrrole nitrogens is 1. The lowest BCUT2D eigenvalue weighted by Gasteiger charge is -2.28.